The van der Waals surface area contributed by atoms with E-state index in [0.717, 1.165) is 46.2 Å². The van der Waals surface area contributed by atoms with Crippen molar-refractivity contribution in [3.8, 4) is 5.75 Å². The molecule has 1 atom stereocenters. The minimum atomic E-state index is -0.948. The van der Waals surface area contributed by atoms with Gasteiger partial charge in [-0.1, -0.05) is 31.9 Å². The van der Waals surface area contributed by atoms with E-state index in [1.807, 2.05) is 31.2 Å². The third-order valence-corrected chi connectivity index (χ3v) is 6.84. The zero-order valence-corrected chi connectivity index (χ0v) is 19.8. The van der Waals surface area contributed by atoms with Gasteiger partial charge in [-0.05, 0) is 77.7 Å². The standard InChI is InChI=1S/C28H27N3O4/c1-3-4-5-23(26(32)30-29-16-17-6-12-20(35-2)13-7-17)31-27(33)21-14-10-18-8-9-19-11-15-22(28(31)34)25(21)24(18)19/h6-7,10-16,23H,3-5,8-9H2,1-2H3,(H,30,32)/b29-16-/t23-/m0/s1. The van der Waals surface area contributed by atoms with Crippen molar-refractivity contribution < 1.29 is 19.1 Å². The van der Waals surface area contributed by atoms with Crippen LogP contribution in [0.4, 0.5) is 0 Å². The van der Waals surface area contributed by atoms with Gasteiger partial charge in [0.15, 0.2) is 0 Å². The molecule has 1 aliphatic carbocycles. The molecule has 5 rings (SSSR count). The van der Waals surface area contributed by atoms with Crippen molar-refractivity contribution >= 4 is 34.7 Å². The first-order valence-corrected chi connectivity index (χ1v) is 12.0. The summed E-state index contributed by atoms with van der Waals surface area (Å²) in [5, 5.41) is 5.83. The number of nitrogens with zero attached hydrogens (tertiary/aromatic N) is 2. The highest BCUT2D eigenvalue weighted by Crippen LogP contribution is 2.39. The Morgan fingerprint density at radius 1 is 1.00 bits per heavy atom. The summed E-state index contributed by atoms with van der Waals surface area (Å²) in [6, 6.07) is 13.8. The lowest BCUT2D eigenvalue weighted by atomic mass is 9.90. The first-order chi connectivity index (χ1) is 17.0. The summed E-state index contributed by atoms with van der Waals surface area (Å²) in [6.07, 6.45) is 5.23. The molecular formula is C28H27N3O4. The van der Waals surface area contributed by atoms with E-state index in [2.05, 4.69) is 10.5 Å². The maximum absolute atomic E-state index is 13.6. The van der Waals surface area contributed by atoms with E-state index in [1.54, 1.807) is 31.4 Å². The van der Waals surface area contributed by atoms with Gasteiger partial charge < -0.3 is 4.74 Å². The van der Waals surface area contributed by atoms with Gasteiger partial charge in [-0.3, -0.25) is 19.3 Å². The van der Waals surface area contributed by atoms with Crippen molar-refractivity contribution in [1.82, 2.24) is 10.3 Å². The highest BCUT2D eigenvalue weighted by molar-refractivity contribution is 6.27. The van der Waals surface area contributed by atoms with Gasteiger partial charge in [-0.15, -0.1) is 0 Å². The Balaban J connectivity index is 1.43. The number of amides is 3. The molecule has 1 aliphatic heterocycles. The Hall–Kier alpha value is -4.00. The molecule has 1 N–H and O–H groups in total. The van der Waals surface area contributed by atoms with Crippen LogP contribution in [0, 0.1) is 0 Å². The monoisotopic (exact) mass is 469 g/mol. The molecule has 3 amide bonds. The van der Waals surface area contributed by atoms with Crippen LogP contribution in [-0.4, -0.2) is 42.0 Å². The number of nitrogens with one attached hydrogen (secondary N) is 1. The first-order valence-electron chi connectivity index (χ1n) is 12.0. The van der Waals surface area contributed by atoms with Gasteiger partial charge in [0.25, 0.3) is 17.7 Å². The van der Waals surface area contributed by atoms with Crippen LogP contribution < -0.4 is 10.2 Å². The molecule has 0 radical (unpaired) electrons. The Morgan fingerprint density at radius 3 is 2.20 bits per heavy atom. The number of rotatable bonds is 8. The lowest BCUT2D eigenvalue weighted by Gasteiger charge is -2.33. The van der Waals surface area contributed by atoms with Gasteiger partial charge in [0.1, 0.15) is 11.8 Å². The molecule has 0 spiro atoms. The fourth-order valence-electron chi connectivity index (χ4n) is 5.03. The van der Waals surface area contributed by atoms with Crippen molar-refractivity contribution in [1.29, 1.82) is 0 Å². The molecule has 2 aliphatic rings. The van der Waals surface area contributed by atoms with Crippen molar-refractivity contribution in [2.75, 3.05) is 7.11 Å². The fourth-order valence-corrected chi connectivity index (χ4v) is 5.03. The number of methoxy groups -OCH3 is 1. The second-order valence-electron chi connectivity index (χ2n) is 8.94. The van der Waals surface area contributed by atoms with Crippen LogP contribution in [0.5, 0.6) is 5.75 Å². The molecule has 0 unspecified atom stereocenters. The number of carbonyl (C=O) groups excluding carboxylic acids is 3. The molecule has 7 nitrogen and oxygen atoms in total. The maximum atomic E-state index is 13.6. The van der Waals surface area contributed by atoms with Crippen molar-refractivity contribution in [2.45, 2.75) is 45.1 Å². The number of hydrazone groups is 1. The number of benzene rings is 3. The predicted molar refractivity (Wildman–Crippen MR) is 134 cm³/mol. The lowest BCUT2D eigenvalue weighted by Crippen LogP contribution is -2.53. The van der Waals surface area contributed by atoms with Gasteiger partial charge in [0.2, 0.25) is 0 Å². The normalized spacial score (nSPS) is 15.2. The highest BCUT2D eigenvalue weighted by atomic mass is 16.5. The van der Waals surface area contributed by atoms with Gasteiger partial charge in [-0.2, -0.15) is 5.10 Å². The summed E-state index contributed by atoms with van der Waals surface area (Å²) < 4.78 is 5.15. The molecule has 3 aromatic carbocycles. The third kappa shape index (κ3) is 3.97. The van der Waals surface area contributed by atoms with E-state index in [4.69, 9.17) is 4.74 Å². The smallest absolute Gasteiger partial charge is 0.263 e. The zero-order chi connectivity index (χ0) is 24.5. The van der Waals surface area contributed by atoms with Crippen molar-refractivity contribution in [2.24, 2.45) is 5.10 Å². The van der Waals surface area contributed by atoms with Crippen LogP contribution in [0.25, 0.3) is 10.8 Å². The van der Waals surface area contributed by atoms with Crippen LogP contribution in [0.1, 0.15) is 63.6 Å². The summed E-state index contributed by atoms with van der Waals surface area (Å²) in [7, 11) is 1.59. The molecule has 0 saturated carbocycles. The number of unbranched alkanes of at least 4 members (excludes halogenated alkanes) is 1. The second kappa shape index (κ2) is 9.33. The third-order valence-electron chi connectivity index (χ3n) is 6.84. The topological polar surface area (TPSA) is 88.1 Å². The van der Waals surface area contributed by atoms with E-state index in [0.29, 0.717) is 24.0 Å². The maximum Gasteiger partial charge on any atom is 0.263 e. The van der Waals surface area contributed by atoms with E-state index >= 15 is 0 Å². The quantitative estimate of drug-likeness (QED) is 0.303. The molecule has 0 aromatic heterocycles. The highest BCUT2D eigenvalue weighted by Gasteiger charge is 2.41. The molecule has 0 fully saturated rings. The predicted octanol–water partition coefficient (Wildman–Crippen LogP) is 4.25. The van der Waals surface area contributed by atoms with E-state index < -0.39 is 23.8 Å². The largest absolute Gasteiger partial charge is 0.497 e. The number of carbonyl (C=O) groups is 3. The average molecular weight is 470 g/mol. The molecular weight excluding hydrogens is 442 g/mol. The molecule has 0 saturated heterocycles. The Labute approximate surface area is 203 Å². The minimum absolute atomic E-state index is 0.368. The molecule has 35 heavy (non-hydrogen) atoms. The van der Waals surface area contributed by atoms with E-state index in [-0.39, 0.29) is 0 Å². The van der Waals surface area contributed by atoms with Crippen LogP contribution in [0.15, 0.2) is 53.6 Å². The Bertz CT molecular complexity index is 1300. The SMILES string of the molecule is CCCC[C@@H](C(=O)N/N=C\c1ccc(OC)cc1)N1C(=O)c2ccc3c4c(ccc(c24)C1=O)CC3. The summed E-state index contributed by atoms with van der Waals surface area (Å²) in [5.74, 6) is -0.609. The van der Waals surface area contributed by atoms with Crippen LogP contribution in [0.3, 0.4) is 0 Å². The molecule has 7 heteroatoms. The lowest BCUT2D eigenvalue weighted by molar-refractivity contribution is -0.125. The summed E-state index contributed by atoms with van der Waals surface area (Å²) >= 11 is 0. The van der Waals surface area contributed by atoms with Crippen molar-refractivity contribution in [3.63, 3.8) is 0 Å². The van der Waals surface area contributed by atoms with Crippen molar-refractivity contribution in [3.05, 3.63) is 76.3 Å². The Morgan fingerprint density at radius 2 is 1.63 bits per heavy atom. The molecule has 1 heterocycles. The molecule has 178 valence electrons. The average Bonchev–Trinajstić information content (AvgIpc) is 3.31. The van der Waals surface area contributed by atoms with Gasteiger partial charge >= 0.3 is 0 Å². The van der Waals surface area contributed by atoms with Crippen LogP contribution in [-0.2, 0) is 17.6 Å². The number of hydrogen-bond acceptors (Lipinski definition) is 5. The summed E-state index contributed by atoms with van der Waals surface area (Å²) in [5.41, 5.74) is 6.62. The number of hydrogen-bond donors (Lipinski definition) is 1. The van der Waals surface area contributed by atoms with E-state index in [1.165, 1.54) is 17.3 Å². The fraction of sp³-hybridized carbons (Fsp3) is 0.286. The summed E-state index contributed by atoms with van der Waals surface area (Å²) in [6.45, 7) is 2.01. The number of imide groups is 1. The van der Waals surface area contributed by atoms with Gasteiger partial charge in [0, 0.05) is 16.5 Å². The van der Waals surface area contributed by atoms with Gasteiger partial charge in [0.05, 0.1) is 13.3 Å². The van der Waals surface area contributed by atoms with E-state index in [9.17, 15) is 14.4 Å². The molecule has 0 bridgehead atoms. The van der Waals surface area contributed by atoms with Gasteiger partial charge in [-0.25, -0.2) is 5.43 Å². The molecule has 3 aromatic rings. The first kappa shape index (κ1) is 22.8. The Kier molecular flexibility index (Phi) is 6.07. The zero-order valence-electron chi connectivity index (χ0n) is 19.8. The number of aryl methyl sites for hydroxylation is 2. The summed E-state index contributed by atoms with van der Waals surface area (Å²) in [4.78, 5) is 41.5. The van der Waals surface area contributed by atoms with Crippen LogP contribution in [0.2, 0.25) is 0 Å². The minimum Gasteiger partial charge on any atom is -0.497 e. The second-order valence-corrected chi connectivity index (χ2v) is 8.94. The number of ether oxygens (including phenoxy) is 1. The van der Waals surface area contributed by atoms with Crippen LogP contribution >= 0.6 is 0 Å².